The van der Waals surface area contributed by atoms with Crippen molar-refractivity contribution >= 4 is 29.0 Å². The van der Waals surface area contributed by atoms with Crippen LogP contribution >= 0.6 is 0 Å². The van der Waals surface area contributed by atoms with E-state index in [0.717, 1.165) is 18.8 Å². The van der Waals surface area contributed by atoms with Crippen molar-refractivity contribution in [3.8, 4) is 0 Å². The van der Waals surface area contributed by atoms with E-state index in [-0.39, 0.29) is 17.5 Å². The maximum Gasteiger partial charge on any atom is 0.274 e. The summed E-state index contributed by atoms with van der Waals surface area (Å²) >= 11 is 0. The van der Waals surface area contributed by atoms with Crippen molar-refractivity contribution < 1.29 is 9.32 Å². The van der Waals surface area contributed by atoms with Gasteiger partial charge in [-0.25, -0.2) is 9.97 Å². The molecule has 1 aromatic carbocycles. The molecule has 8 heteroatoms. The zero-order valence-corrected chi connectivity index (χ0v) is 15.0. The fraction of sp³-hybridized carbons (Fsp3) is 0.263. The molecule has 0 saturated carbocycles. The highest BCUT2D eigenvalue weighted by Crippen LogP contribution is 2.22. The van der Waals surface area contributed by atoms with Crippen molar-refractivity contribution in [3.63, 3.8) is 0 Å². The Hall–Kier alpha value is -3.42. The number of aromatic nitrogens is 3. The number of benzene rings is 1. The van der Waals surface area contributed by atoms with Gasteiger partial charge in [-0.15, -0.1) is 0 Å². The first-order valence-electron chi connectivity index (χ1n) is 8.87. The summed E-state index contributed by atoms with van der Waals surface area (Å²) in [7, 11) is 0. The van der Waals surface area contributed by atoms with Crippen LogP contribution in [0.3, 0.4) is 0 Å². The molecule has 2 aromatic heterocycles. The first-order valence-corrected chi connectivity index (χ1v) is 8.87. The number of carbonyl (C=O) groups excluding carboxylic acids is 1. The van der Waals surface area contributed by atoms with Crippen LogP contribution in [0.5, 0.6) is 0 Å². The van der Waals surface area contributed by atoms with E-state index in [2.05, 4.69) is 30.7 Å². The van der Waals surface area contributed by atoms with Crippen molar-refractivity contribution in [2.75, 3.05) is 28.6 Å². The number of nitrogens with zero attached hydrogens (tertiary/aromatic N) is 4. The average Bonchev–Trinajstić information content (AvgIpc) is 3.35. The van der Waals surface area contributed by atoms with Gasteiger partial charge in [0, 0.05) is 36.7 Å². The molecule has 138 valence electrons. The van der Waals surface area contributed by atoms with Gasteiger partial charge in [-0.2, -0.15) is 0 Å². The van der Waals surface area contributed by atoms with Crippen LogP contribution in [0, 0.1) is 6.92 Å². The van der Waals surface area contributed by atoms with Crippen molar-refractivity contribution in [2.24, 2.45) is 0 Å². The molecule has 3 heterocycles. The van der Waals surface area contributed by atoms with Gasteiger partial charge in [-0.1, -0.05) is 5.16 Å². The molecule has 0 unspecified atom stereocenters. The van der Waals surface area contributed by atoms with Crippen LogP contribution in [0.2, 0.25) is 0 Å². The van der Waals surface area contributed by atoms with Gasteiger partial charge in [0.1, 0.15) is 11.5 Å². The van der Waals surface area contributed by atoms with E-state index < -0.39 is 0 Å². The molecule has 0 atom stereocenters. The SMILES string of the molecule is Cc1cc(Nc2nccc(C(=O)Nc3ccc(N4CCCC4)cc3)n2)no1. The van der Waals surface area contributed by atoms with Gasteiger partial charge < -0.3 is 20.1 Å². The minimum absolute atomic E-state index is 0.260. The second-order valence-corrected chi connectivity index (χ2v) is 6.41. The predicted octanol–water partition coefficient (Wildman–Crippen LogP) is 3.37. The first kappa shape index (κ1) is 17.0. The summed E-state index contributed by atoms with van der Waals surface area (Å²) in [5.41, 5.74) is 2.17. The van der Waals surface area contributed by atoms with E-state index in [0.29, 0.717) is 11.6 Å². The van der Waals surface area contributed by atoms with Crippen LogP contribution in [0.15, 0.2) is 47.1 Å². The van der Waals surface area contributed by atoms with E-state index in [4.69, 9.17) is 4.52 Å². The molecule has 1 fully saturated rings. The van der Waals surface area contributed by atoms with E-state index in [1.165, 1.54) is 24.7 Å². The fourth-order valence-electron chi connectivity index (χ4n) is 3.01. The van der Waals surface area contributed by atoms with Crippen LogP contribution in [0.4, 0.5) is 23.1 Å². The number of aryl methyl sites for hydroxylation is 1. The maximum absolute atomic E-state index is 12.5. The second kappa shape index (κ2) is 7.45. The molecule has 4 rings (SSSR count). The lowest BCUT2D eigenvalue weighted by molar-refractivity contribution is 0.102. The van der Waals surface area contributed by atoms with Crippen molar-refractivity contribution in [1.82, 2.24) is 15.1 Å². The van der Waals surface area contributed by atoms with E-state index >= 15 is 0 Å². The molecule has 27 heavy (non-hydrogen) atoms. The summed E-state index contributed by atoms with van der Waals surface area (Å²) in [5, 5.41) is 9.60. The summed E-state index contributed by atoms with van der Waals surface area (Å²) in [4.78, 5) is 23.2. The topological polar surface area (TPSA) is 96.2 Å². The van der Waals surface area contributed by atoms with Crippen LogP contribution in [0.1, 0.15) is 29.1 Å². The molecule has 8 nitrogen and oxygen atoms in total. The van der Waals surface area contributed by atoms with Gasteiger partial charge in [0.25, 0.3) is 5.91 Å². The van der Waals surface area contributed by atoms with Crippen LogP contribution < -0.4 is 15.5 Å². The summed E-state index contributed by atoms with van der Waals surface area (Å²) in [6.07, 6.45) is 3.99. The number of amides is 1. The molecule has 1 aliphatic rings. The molecule has 0 radical (unpaired) electrons. The third kappa shape index (κ3) is 4.05. The Morgan fingerprint density at radius 1 is 1.15 bits per heavy atom. The van der Waals surface area contributed by atoms with Gasteiger partial charge in [0.2, 0.25) is 5.95 Å². The van der Waals surface area contributed by atoms with Gasteiger partial charge in [0.05, 0.1) is 0 Å². The molecular weight excluding hydrogens is 344 g/mol. The Kier molecular flexibility index (Phi) is 4.69. The number of carbonyl (C=O) groups is 1. The van der Waals surface area contributed by atoms with Gasteiger partial charge in [-0.05, 0) is 50.1 Å². The molecular formula is C19H20N6O2. The number of nitrogens with one attached hydrogen (secondary N) is 2. The number of hydrogen-bond donors (Lipinski definition) is 2. The standard InChI is InChI=1S/C19H20N6O2/c1-13-12-17(24-27-13)23-19-20-9-8-16(22-19)18(26)21-14-4-6-15(7-5-14)25-10-2-3-11-25/h4-9,12H,2-3,10-11H2,1H3,(H,21,26)(H,20,22,23,24). The normalized spacial score (nSPS) is 13.6. The largest absolute Gasteiger partial charge is 0.372 e. The third-order valence-corrected chi connectivity index (χ3v) is 4.35. The minimum atomic E-state index is -0.300. The quantitative estimate of drug-likeness (QED) is 0.716. The summed E-state index contributed by atoms with van der Waals surface area (Å²) < 4.78 is 4.99. The summed E-state index contributed by atoms with van der Waals surface area (Å²) in [6, 6.07) is 11.2. The third-order valence-electron chi connectivity index (χ3n) is 4.35. The highest BCUT2D eigenvalue weighted by atomic mass is 16.5. The Labute approximate surface area is 156 Å². The number of rotatable bonds is 5. The van der Waals surface area contributed by atoms with Crippen LogP contribution in [-0.2, 0) is 0 Å². The highest BCUT2D eigenvalue weighted by Gasteiger charge is 2.13. The smallest absolute Gasteiger partial charge is 0.274 e. The number of hydrogen-bond acceptors (Lipinski definition) is 7. The lowest BCUT2D eigenvalue weighted by Crippen LogP contribution is -2.18. The second-order valence-electron chi connectivity index (χ2n) is 6.41. The molecule has 0 spiro atoms. The molecule has 1 aliphatic heterocycles. The van der Waals surface area contributed by atoms with Crippen LogP contribution in [0.25, 0.3) is 0 Å². The van der Waals surface area contributed by atoms with Gasteiger partial charge in [-0.3, -0.25) is 4.79 Å². The Balaban J connectivity index is 1.42. The Morgan fingerprint density at radius 3 is 2.63 bits per heavy atom. The zero-order valence-electron chi connectivity index (χ0n) is 15.0. The monoisotopic (exact) mass is 364 g/mol. The molecule has 0 aliphatic carbocycles. The van der Waals surface area contributed by atoms with Crippen molar-refractivity contribution in [1.29, 1.82) is 0 Å². The highest BCUT2D eigenvalue weighted by molar-refractivity contribution is 6.03. The van der Waals surface area contributed by atoms with E-state index in [1.54, 1.807) is 19.1 Å². The van der Waals surface area contributed by atoms with Gasteiger partial charge in [0.15, 0.2) is 5.82 Å². The fourth-order valence-corrected chi connectivity index (χ4v) is 3.01. The molecule has 0 bridgehead atoms. The maximum atomic E-state index is 12.5. The van der Waals surface area contributed by atoms with Crippen molar-refractivity contribution in [2.45, 2.75) is 19.8 Å². The molecule has 1 saturated heterocycles. The number of anilines is 4. The van der Waals surface area contributed by atoms with E-state index in [9.17, 15) is 4.79 Å². The minimum Gasteiger partial charge on any atom is -0.372 e. The van der Waals surface area contributed by atoms with Gasteiger partial charge >= 0.3 is 0 Å². The zero-order chi connectivity index (χ0) is 18.6. The first-order chi connectivity index (χ1) is 13.2. The van der Waals surface area contributed by atoms with Crippen molar-refractivity contribution in [3.05, 3.63) is 54.0 Å². The summed E-state index contributed by atoms with van der Waals surface area (Å²) in [5.74, 6) is 1.14. The lowest BCUT2D eigenvalue weighted by Gasteiger charge is -2.17. The Bertz CT molecular complexity index is 931. The average molecular weight is 364 g/mol. The lowest BCUT2D eigenvalue weighted by atomic mass is 10.2. The summed E-state index contributed by atoms with van der Waals surface area (Å²) in [6.45, 7) is 3.97. The molecule has 1 amide bonds. The Morgan fingerprint density at radius 2 is 1.93 bits per heavy atom. The van der Waals surface area contributed by atoms with Crippen LogP contribution in [-0.4, -0.2) is 34.1 Å². The predicted molar refractivity (Wildman–Crippen MR) is 102 cm³/mol. The molecule has 3 aromatic rings. The molecule has 2 N–H and O–H groups in total. The van der Waals surface area contributed by atoms with E-state index in [1.807, 2.05) is 24.3 Å².